The predicted molar refractivity (Wildman–Crippen MR) is 67.0 cm³/mol. The monoisotopic (exact) mass is 325 g/mol. The van der Waals surface area contributed by atoms with Crippen molar-refractivity contribution in [2.75, 3.05) is 0 Å². The smallest absolute Gasteiger partial charge is 0.245 e. The van der Waals surface area contributed by atoms with Crippen LogP contribution in [-0.2, 0) is 16.6 Å². The zero-order chi connectivity index (χ0) is 13.2. The van der Waals surface area contributed by atoms with Gasteiger partial charge in [-0.15, -0.1) is 0 Å². The van der Waals surface area contributed by atoms with Crippen LogP contribution in [0, 0.1) is 5.92 Å². The molecule has 2 N–H and O–H groups in total. The summed E-state index contributed by atoms with van der Waals surface area (Å²) in [7, 11) is -3.63. The third kappa shape index (κ3) is 3.54. The molecular weight excluding hydrogens is 310 g/mol. The first-order valence-electron chi connectivity index (χ1n) is 5.19. The maximum absolute atomic E-state index is 12.0. The van der Waals surface area contributed by atoms with Crippen LogP contribution in [-0.4, -0.2) is 19.6 Å². The van der Waals surface area contributed by atoms with Crippen molar-refractivity contribution in [2.24, 2.45) is 5.92 Å². The molecular formula is C10H16BrNO4S. The molecule has 1 heterocycles. The largest absolute Gasteiger partial charge is 0.450 e. The summed E-state index contributed by atoms with van der Waals surface area (Å²) >= 11 is 3.02. The lowest BCUT2D eigenvalue weighted by atomic mass is 10.1. The maximum atomic E-state index is 12.0. The summed E-state index contributed by atoms with van der Waals surface area (Å²) in [6, 6.07) is 1.12. The molecule has 1 rings (SSSR count). The van der Waals surface area contributed by atoms with Crippen molar-refractivity contribution >= 4 is 26.0 Å². The van der Waals surface area contributed by atoms with E-state index >= 15 is 0 Å². The van der Waals surface area contributed by atoms with E-state index in [9.17, 15) is 8.42 Å². The molecule has 98 valence electrons. The van der Waals surface area contributed by atoms with Gasteiger partial charge in [-0.3, -0.25) is 0 Å². The molecule has 0 bridgehead atoms. The summed E-state index contributed by atoms with van der Waals surface area (Å²) in [4.78, 5) is 0.00838. The minimum Gasteiger partial charge on any atom is -0.450 e. The Morgan fingerprint density at radius 3 is 2.47 bits per heavy atom. The Balaban J connectivity index is 3.01. The van der Waals surface area contributed by atoms with Crippen LogP contribution in [0.4, 0.5) is 0 Å². The van der Waals surface area contributed by atoms with Crippen molar-refractivity contribution in [1.29, 1.82) is 0 Å². The van der Waals surface area contributed by atoms with Gasteiger partial charge in [0.1, 0.15) is 17.3 Å². The molecule has 1 aromatic rings. The molecule has 7 heteroatoms. The number of furan rings is 1. The summed E-state index contributed by atoms with van der Waals surface area (Å²) in [6.45, 7) is 5.31. The van der Waals surface area contributed by atoms with E-state index in [1.807, 2.05) is 13.8 Å². The van der Waals surface area contributed by atoms with Crippen molar-refractivity contribution in [3.05, 3.63) is 16.5 Å². The highest BCUT2D eigenvalue weighted by Gasteiger charge is 2.24. The van der Waals surface area contributed by atoms with Crippen LogP contribution < -0.4 is 4.72 Å². The summed E-state index contributed by atoms with van der Waals surface area (Å²) < 4.78 is 31.7. The molecule has 17 heavy (non-hydrogen) atoms. The quantitative estimate of drug-likeness (QED) is 0.865. The Morgan fingerprint density at radius 2 is 2.06 bits per heavy atom. The molecule has 0 aliphatic carbocycles. The van der Waals surface area contributed by atoms with Crippen LogP contribution >= 0.6 is 15.9 Å². The van der Waals surface area contributed by atoms with Crippen LogP contribution in [0.25, 0.3) is 0 Å². The predicted octanol–water partition coefficient (Wildman–Crippen LogP) is 1.86. The van der Waals surface area contributed by atoms with E-state index in [1.54, 1.807) is 6.92 Å². The highest BCUT2D eigenvalue weighted by Crippen LogP contribution is 2.26. The van der Waals surface area contributed by atoms with Crippen LogP contribution in [0.3, 0.4) is 0 Å². The van der Waals surface area contributed by atoms with Gasteiger partial charge < -0.3 is 9.52 Å². The SMILES string of the molecule is CC(C)C(C)NS(=O)(=O)c1cc(CO)oc1Br. The molecule has 1 unspecified atom stereocenters. The van der Waals surface area contributed by atoms with E-state index in [4.69, 9.17) is 9.52 Å². The number of rotatable bonds is 5. The highest BCUT2D eigenvalue weighted by molar-refractivity contribution is 9.10. The number of hydrogen-bond acceptors (Lipinski definition) is 4. The lowest BCUT2D eigenvalue weighted by molar-refractivity contribution is 0.245. The van der Waals surface area contributed by atoms with Crippen molar-refractivity contribution < 1.29 is 17.9 Å². The second-order valence-electron chi connectivity index (χ2n) is 4.16. The number of nitrogens with one attached hydrogen (secondary N) is 1. The molecule has 0 fully saturated rings. The van der Waals surface area contributed by atoms with Gasteiger partial charge in [-0.25, -0.2) is 13.1 Å². The second-order valence-corrected chi connectivity index (χ2v) is 6.57. The molecule has 0 aromatic carbocycles. The molecule has 0 saturated carbocycles. The molecule has 0 radical (unpaired) electrons. The molecule has 5 nitrogen and oxygen atoms in total. The fourth-order valence-electron chi connectivity index (χ4n) is 1.10. The number of aliphatic hydroxyl groups is 1. The van der Waals surface area contributed by atoms with Gasteiger partial charge in [0.15, 0.2) is 4.67 Å². The van der Waals surface area contributed by atoms with Crippen molar-refractivity contribution in [3.8, 4) is 0 Å². The fraction of sp³-hybridized carbons (Fsp3) is 0.600. The van der Waals surface area contributed by atoms with Crippen LogP contribution in [0.15, 0.2) is 20.0 Å². The Hall–Kier alpha value is -0.370. The van der Waals surface area contributed by atoms with Crippen LogP contribution in [0.1, 0.15) is 26.5 Å². The number of halogens is 1. The average molecular weight is 326 g/mol. The number of aliphatic hydroxyl groups excluding tert-OH is 1. The van der Waals surface area contributed by atoms with Gasteiger partial charge in [0.25, 0.3) is 0 Å². The molecule has 1 atom stereocenters. The normalized spacial score (nSPS) is 14.2. The summed E-state index contributed by atoms with van der Waals surface area (Å²) in [5.74, 6) is 0.391. The van der Waals surface area contributed by atoms with Gasteiger partial charge in [0.2, 0.25) is 10.0 Å². The lowest BCUT2D eigenvalue weighted by Crippen LogP contribution is -2.36. The summed E-state index contributed by atoms with van der Waals surface area (Å²) in [5, 5.41) is 8.88. The molecule has 0 spiro atoms. The Labute approximate surface area is 109 Å². The Kier molecular flexibility index (Phi) is 4.77. The first-order chi connectivity index (χ1) is 7.77. The van der Waals surface area contributed by atoms with E-state index in [1.165, 1.54) is 6.07 Å². The zero-order valence-electron chi connectivity index (χ0n) is 9.90. The number of sulfonamides is 1. The van der Waals surface area contributed by atoms with Gasteiger partial charge in [-0.1, -0.05) is 13.8 Å². The first-order valence-corrected chi connectivity index (χ1v) is 7.47. The van der Waals surface area contributed by atoms with E-state index < -0.39 is 10.0 Å². The van der Waals surface area contributed by atoms with Crippen molar-refractivity contribution in [2.45, 2.75) is 38.3 Å². The van der Waals surface area contributed by atoms with E-state index in [2.05, 4.69) is 20.7 Å². The standard InChI is InChI=1S/C10H16BrNO4S/c1-6(2)7(3)12-17(14,15)9-4-8(5-13)16-10(9)11/h4,6-7,12-13H,5H2,1-3H3. The van der Waals surface area contributed by atoms with Gasteiger partial charge >= 0.3 is 0 Å². The fourth-order valence-corrected chi connectivity index (χ4v) is 3.49. The lowest BCUT2D eigenvalue weighted by Gasteiger charge is -2.16. The van der Waals surface area contributed by atoms with Gasteiger partial charge in [-0.2, -0.15) is 0 Å². The highest BCUT2D eigenvalue weighted by atomic mass is 79.9. The Bertz CT molecular complexity index is 480. The second kappa shape index (κ2) is 5.51. The van der Waals surface area contributed by atoms with Crippen molar-refractivity contribution in [3.63, 3.8) is 0 Å². The topological polar surface area (TPSA) is 79.5 Å². The van der Waals surface area contributed by atoms with E-state index in [-0.39, 0.29) is 33.9 Å². The van der Waals surface area contributed by atoms with Crippen LogP contribution in [0.5, 0.6) is 0 Å². The molecule has 0 aliphatic heterocycles. The van der Waals surface area contributed by atoms with Gasteiger partial charge in [0, 0.05) is 12.1 Å². The summed E-state index contributed by atoms with van der Waals surface area (Å²) in [5.41, 5.74) is 0. The average Bonchev–Trinajstić information content (AvgIpc) is 2.59. The summed E-state index contributed by atoms with van der Waals surface area (Å²) in [6.07, 6.45) is 0. The minimum atomic E-state index is -3.63. The van der Waals surface area contributed by atoms with E-state index in [0.717, 1.165) is 0 Å². The Morgan fingerprint density at radius 1 is 1.47 bits per heavy atom. The molecule has 0 amide bonds. The molecule has 1 aromatic heterocycles. The molecule has 0 saturated heterocycles. The van der Waals surface area contributed by atoms with Crippen molar-refractivity contribution in [1.82, 2.24) is 4.72 Å². The van der Waals surface area contributed by atoms with Gasteiger partial charge in [-0.05, 0) is 28.8 Å². The molecule has 0 aliphatic rings. The van der Waals surface area contributed by atoms with E-state index in [0.29, 0.717) is 0 Å². The zero-order valence-corrected chi connectivity index (χ0v) is 12.3. The first kappa shape index (κ1) is 14.7. The van der Waals surface area contributed by atoms with Gasteiger partial charge in [0.05, 0.1) is 0 Å². The minimum absolute atomic E-state index is 0.00838. The van der Waals surface area contributed by atoms with Crippen LogP contribution in [0.2, 0.25) is 0 Å². The maximum Gasteiger partial charge on any atom is 0.245 e. The number of hydrogen-bond donors (Lipinski definition) is 2. The third-order valence-electron chi connectivity index (χ3n) is 2.49. The third-order valence-corrected chi connectivity index (χ3v) is 4.91.